The highest BCUT2D eigenvalue weighted by molar-refractivity contribution is 5.99. The maximum absolute atomic E-state index is 13.0. The Labute approximate surface area is 130 Å². The van der Waals surface area contributed by atoms with Crippen molar-refractivity contribution in [2.45, 2.75) is 51.0 Å². The Bertz CT molecular complexity index is 674. The highest BCUT2D eigenvalue weighted by atomic mass is 16.2. The Balaban J connectivity index is 1.61. The predicted molar refractivity (Wildman–Crippen MR) is 83.6 cm³/mol. The molecule has 1 aliphatic heterocycles. The Morgan fingerprint density at radius 1 is 1.14 bits per heavy atom. The fourth-order valence-corrected chi connectivity index (χ4v) is 4.19. The van der Waals surface area contributed by atoms with Crippen molar-refractivity contribution in [1.82, 2.24) is 19.5 Å². The van der Waals surface area contributed by atoms with Crippen LogP contribution in [0.2, 0.25) is 0 Å². The molecule has 2 fully saturated rings. The standard InChI is InChI=1S/C17H22N4O/c22-17(14-12-19-21-11-5-9-18-16(14)21)20-10-4-8-15(20)13-6-2-1-3-7-13/h5,9,11-13,15H,1-4,6-8,10H2/t15-/m0/s1. The van der Waals surface area contributed by atoms with Crippen molar-refractivity contribution < 1.29 is 4.79 Å². The van der Waals surface area contributed by atoms with Gasteiger partial charge in [0.2, 0.25) is 0 Å². The average molecular weight is 298 g/mol. The van der Waals surface area contributed by atoms with Gasteiger partial charge in [-0.1, -0.05) is 19.3 Å². The lowest BCUT2D eigenvalue weighted by Crippen LogP contribution is -2.40. The normalized spacial score (nSPS) is 23.3. The van der Waals surface area contributed by atoms with E-state index < -0.39 is 0 Å². The molecule has 1 amide bonds. The Hall–Kier alpha value is -1.91. The number of carbonyl (C=O) groups is 1. The second kappa shape index (κ2) is 5.71. The maximum Gasteiger partial charge on any atom is 0.259 e. The highest BCUT2D eigenvalue weighted by Crippen LogP contribution is 2.35. The van der Waals surface area contributed by atoms with Crippen molar-refractivity contribution in [3.05, 3.63) is 30.2 Å². The average Bonchev–Trinajstić information content (AvgIpc) is 3.22. The van der Waals surface area contributed by atoms with Crippen molar-refractivity contribution in [3.63, 3.8) is 0 Å². The quantitative estimate of drug-likeness (QED) is 0.856. The number of fused-ring (bicyclic) bond motifs is 1. The van der Waals surface area contributed by atoms with Gasteiger partial charge in [-0.3, -0.25) is 4.79 Å². The second-order valence-electron chi connectivity index (χ2n) is 6.55. The van der Waals surface area contributed by atoms with Gasteiger partial charge in [-0.15, -0.1) is 0 Å². The van der Waals surface area contributed by atoms with Gasteiger partial charge in [0.1, 0.15) is 5.56 Å². The minimum atomic E-state index is 0.113. The minimum Gasteiger partial charge on any atom is -0.335 e. The fraction of sp³-hybridized carbons (Fsp3) is 0.588. The van der Waals surface area contributed by atoms with Crippen LogP contribution in [0, 0.1) is 5.92 Å². The van der Waals surface area contributed by atoms with Gasteiger partial charge >= 0.3 is 0 Å². The number of nitrogens with zero attached hydrogens (tertiary/aromatic N) is 4. The molecule has 0 radical (unpaired) electrons. The summed E-state index contributed by atoms with van der Waals surface area (Å²) in [5.41, 5.74) is 1.31. The van der Waals surface area contributed by atoms with Crippen molar-refractivity contribution in [1.29, 1.82) is 0 Å². The van der Waals surface area contributed by atoms with Gasteiger partial charge in [0.25, 0.3) is 5.91 Å². The summed E-state index contributed by atoms with van der Waals surface area (Å²) in [5, 5.41) is 4.26. The molecular formula is C17H22N4O. The fourth-order valence-electron chi connectivity index (χ4n) is 4.19. The van der Waals surface area contributed by atoms with E-state index in [0.29, 0.717) is 23.2 Å². The van der Waals surface area contributed by atoms with Gasteiger partial charge in [0, 0.05) is 25.0 Å². The molecule has 0 spiro atoms. The molecule has 5 nitrogen and oxygen atoms in total. The number of rotatable bonds is 2. The van der Waals surface area contributed by atoms with E-state index in [0.717, 1.165) is 19.4 Å². The molecule has 116 valence electrons. The van der Waals surface area contributed by atoms with Crippen molar-refractivity contribution in [2.24, 2.45) is 5.92 Å². The summed E-state index contributed by atoms with van der Waals surface area (Å²) in [4.78, 5) is 19.4. The lowest BCUT2D eigenvalue weighted by molar-refractivity contribution is 0.0663. The lowest BCUT2D eigenvalue weighted by Gasteiger charge is -2.33. The molecule has 0 bridgehead atoms. The third kappa shape index (κ3) is 2.28. The third-order valence-electron chi connectivity index (χ3n) is 5.26. The van der Waals surface area contributed by atoms with E-state index in [-0.39, 0.29) is 5.91 Å². The number of aromatic nitrogens is 3. The first-order valence-electron chi connectivity index (χ1n) is 8.44. The van der Waals surface area contributed by atoms with Crippen LogP contribution in [0.15, 0.2) is 24.7 Å². The molecule has 0 unspecified atom stereocenters. The molecule has 0 aromatic carbocycles. The van der Waals surface area contributed by atoms with Gasteiger partial charge in [0.15, 0.2) is 5.65 Å². The number of carbonyl (C=O) groups excluding carboxylic acids is 1. The first kappa shape index (κ1) is 13.7. The van der Waals surface area contributed by atoms with Crippen LogP contribution < -0.4 is 0 Å². The first-order valence-corrected chi connectivity index (χ1v) is 8.44. The summed E-state index contributed by atoms with van der Waals surface area (Å²) in [7, 11) is 0. The predicted octanol–water partition coefficient (Wildman–Crippen LogP) is 2.91. The molecule has 1 saturated carbocycles. The van der Waals surface area contributed by atoms with Gasteiger partial charge < -0.3 is 4.90 Å². The van der Waals surface area contributed by atoms with E-state index >= 15 is 0 Å². The van der Waals surface area contributed by atoms with E-state index in [1.165, 1.54) is 32.1 Å². The van der Waals surface area contributed by atoms with Gasteiger partial charge in [-0.2, -0.15) is 5.10 Å². The van der Waals surface area contributed by atoms with Gasteiger partial charge in [0.05, 0.1) is 6.20 Å². The summed E-state index contributed by atoms with van der Waals surface area (Å²) in [6.45, 7) is 0.879. The van der Waals surface area contributed by atoms with Crippen LogP contribution in [0.5, 0.6) is 0 Å². The van der Waals surface area contributed by atoms with E-state index in [9.17, 15) is 4.79 Å². The molecule has 2 aromatic heterocycles. The SMILES string of the molecule is O=C(c1cnn2cccnc12)N1CCC[C@H]1C1CCCCC1. The zero-order chi connectivity index (χ0) is 14.9. The molecule has 5 heteroatoms. The van der Waals surface area contributed by atoms with E-state index in [2.05, 4.69) is 15.0 Å². The molecule has 3 heterocycles. The molecule has 22 heavy (non-hydrogen) atoms. The molecule has 1 atom stereocenters. The van der Waals surface area contributed by atoms with Crippen LogP contribution in [0.25, 0.3) is 5.65 Å². The van der Waals surface area contributed by atoms with Crippen molar-refractivity contribution in [3.8, 4) is 0 Å². The molecule has 1 saturated heterocycles. The van der Waals surface area contributed by atoms with Crippen LogP contribution >= 0.6 is 0 Å². The molecule has 1 aliphatic carbocycles. The van der Waals surface area contributed by atoms with Crippen molar-refractivity contribution in [2.75, 3.05) is 6.54 Å². The second-order valence-corrected chi connectivity index (χ2v) is 6.55. The monoisotopic (exact) mass is 298 g/mol. The molecule has 0 N–H and O–H groups in total. The molecular weight excluding hydrogens is 276 g/mol. The number of hydrogen-bond acceptors (Lipinski definition) is 3. The van der Waals surface area contributed by atoms with E-state index in [1.807, 2.05) is 12.3 Å². The zero-order valence-electron chi connectivity index (χ0n) is 12.8. The summed E-state index contributed by atoms with van der Waals surface area (Å²) in [6.07, 6.45) is 14.1. The Kier molecular flexibility index (Phi) is 3.56. The summed E-state index contributed by atoms with van der Waals surface area (Å²) in [6, 6.07) is 2.25. The van der Waals surface area contributed by atoms with Crippen LogP contribution in [0.4, 0.5) is 0 Å². The van der Waals surface area contributed by atoms with Crippen LogP contribution in [0.1, 0.15) is 55.3 Å². The Morgan fingerprint density at radius 3 is 2.86 bits per heavy atom. The maximum atomic E-state index is 13.0. The van der Waals surface area contributed by atoms with Crippen molar-refractivity contribution >= 4 is 11.6 Å². The van der Waals surface area contributed by atoms with Crippen LogP contribution in [-0.2, 0) is 0 Å². The number of likely N-dealkylation sites (tertiary alicyclic amines) is 1. The minimum absolute atomic E-state index is 0.113. The topological polar surface area (TPSA) is 50.5 Å². The third-order valence-corrected chi connectivity index (χ3v) is 5.26. The number of amides is 1. The first-order chi connectivity index (χ1) is 10.8. The highest BCUT2D eigenvalue weighted by Gasteiger charge is 2.36. The smallest absolute Gasteiger partial charge is 0.259 e. The summed E-state index contributed by atoms with van der Waals surface area (Å²) >= 11 is 0. The van der Waals surface area contributed by atoms with E-state index in [1.54, 1.807) is 16.9 Å². The Morgan fingerprint density at radius 2 is 2.00 bits per heavy atom. The number of hydrogen-bond donors (Lipinski definition) is 0. The van der Waals surface area contributed by atoms with Gasteiger partial charge in [-0.25, -0.2) is 9.50 Å². The van der Waals surface area contributed by atoms with Crippen LogP contribution in [-0.4, -0.2) is 38.0 Å². The van der Waals surface area contributed by atoms with Crippen LogP contribution in [0.3, 0.4) is 0 Å². The zero-order valence-corrected chi connectivity index (χ0v) is 12.8. The molecule has 2 aliphatic rings. The van der Waals surface area contributed by atoms with Gasteiger partial charge in [-0.05, 0) is 37.7 Å². The largest absolute Gasteiger partial charge is 0.335 e. The summed E-state index contributed by atoms with van der Waals surface area (Å²) < 4.78 is 1.68. The molecule has 4 rings (SSSR count). The summed E-state index contributed by atoms with van der Waals surface area (Å²) in [5.74, 6) is 0.803. The molecule has 2 aromatic rings. The van der Waals surface area contributed by atoms with E-state index in [4.69, 9.17) is 0 Å². The lowest BCUT2D eigenvalue weighted by atomic mass is 9.83.